The Kier molecular flexibility index (Phi) is 56.5. The molecule has 0 radical (unpaired) electrons. The fourth-order valence-electron chi connectivity index (χ4n) is 9.51. The van der Waals surface area contributed by atoms with Crippen LogP contribution in [0.15, 0.2) is 24.3 Å². The number of aliphatic hydroxyl groups is 2. The van der Waals surface area contributed by atoms with E-state index in [-0.39, 0.29) is 18.5 Å². The number of carbonyl (C=O) groups is 2. The molecule has 0 aliphatic heterocycles. The molecule has 2 atom stereocenters. The third-order valence-electron chi connectivity index (χ3n) is 14.2. The van der Waals surface area contributed by atoms with Crippen LogP contribution in [-0.4, -0.2) is 47.4 Å². The maximum atomic E-state index is 12.4. The van der Waals surface area contributed by atoms with Gasteiger partial charge in [-0.1, -0.05) is 289 Å². The van der Waals surface area contributed by atoms with E-state index < -0.39 is 12.1 Å². The Bertz CT molecular complexity index is 1060. The van der Waals surface area contributed by atoms with E-state index in [9.17, 15) is 19.8 Å². The van der Waals surface area contributed by atoms with Crippen LogP contribution in [0.25, 0.3) is 0 Å². The van der Waals surface area contributed by atoms with Gasteiger partial charge in [-0.15, -0.1) is 0 Å². The zero-order chi connectivity index (χ0) is 49.3. The van der Waals surface area contributed by atoms with Gasteiger partial charge in [0.05, 0.1) is 25.4 Å². The molecule has 0 aromatic carbocycles. The predicted octanol–water partition coefficient (Wildman–Crippen LogP) is 19.0. The van der Waals surface area contributed by atoms with Crippen molar-refractivity contribution in [2.45, 2.75) is 347 Å². The van der Waals surface area contributed by atoms with Gasteiger partial charge in [0.15, 0.2) is 0 Å². The normalized spacial score (nSPS) is 12.7. The first-order valence-corrected chi connectivity index (χ1v) is 30.6. The smallest absolute Gasteiger partial charge is 0.305 e. The molecule has 3 N–H and O–H groups in total. The van der Waals surface area contributed by atoms with Crippen LogP contribution < -0.4 is 5.32 Å². The van der Waals surface area contributed by atoms with Crippen LogP contribution in [0.2, 0.25) is 0 Å². The van der Waals surface area contributed by atoms with Gasteiger partial charge in [-0.05, 0) is 57.8 Å². The Morgan fingerprint density at radius 2 is 0.691 bits per heavy atom. The topological polar surface area (TPSA) is 95.9 Å². The van der Waals surface area contributed by atoms with Gasteiger partial charge in [-0.3, -0.25) is 9.59 Å². The van der Waals surface area contributed by atoms with Gasteiger partial charge in [0.1, 0.15) is 0 Å². The number of aliphatic hydroxyl groups excluding tert-OH is 2. The number of rotatable bonds is 57. The Morgan fingerprint density at radius 1 is 0.397 bits per heavy atom. The molecule has 68 heavy (non-hydrogen) atoms. The van der Waals surface area contributed by atoms with Crippen molar-refractivity contribution < 1.29 is 24.5 Å². The molecule has 0 aromatic heterocycles. The Balaban J connectivity index is 3.38. The van der Waals surface area contributed by atoms with Crippen molar-refractivity contribution in [3.05, 3.63) is 24.3 Å². The molecule has 0 aliphatic carbocycles. The van der Waals surface area contributed by atoms with Crippen molar-refractivity contribution in [3.8, 4) is 0 Å². The number of unbranched alkanes of at least 4 members (excludes halogenated alkanes) is 44. The minimum atomic E-state index is -0.843. The molecule has 402 valence electrons. The standard InChI is InChI=1S/C62H119NO5/c1-3-5-7-9-11-13-15-17-18-28-32-36-40-44-48-52-56-62(67)68-57-53-49-45-41-37-33-29-26-24-22-20-19-21-23-25-27-31-35-39-43-47-51-55-61(66)63-59(58-64)60(65)54-50-46-42-38-34-30-16-14-12-10-8-6-4-2/h18,28,50,54,59-60,64-65H,3-17,19-27,29-49,51-53,55-58H2,1-2H3,(H,63,66)/b28-18-,54-50+. The monoisotopic (exact) mass is 958 g/mol. The minimum Gasteiger partial charge on any atom is -0.466 e. The SMILES string of the molecule is CCCCCCCCC/C=C\CCCCCCCC(=O)OCCCCCCCCCCCCCCCCCCCCCCCCC(=O)NC(CO)C(O)/C=C/CCCCCCCCCCCCC. The van der Waals surface area contributed by atoms with Crippen LogP contribution >= 0.6 is 0 Å². The van der Waals surface area contributed by atoms with Crippen LogP contribution in [0, 0.1) is 0 Å². The number of ether oxygens (including phenoxy) is 1. The first-order valence-electron chi connectivity index (χ1n) is 30.6. The summed E-state index contributed by atoms with van der Waals surface area (Å²) in [6, 6.07) is -0.627. The Labute approximate surface area is 424 Å². The van der Waals surface area contributed by atoms with Gasteiger partial charge in [-0.2, -0.15) is 0 Å². The summed E-state index contributed by atoms with van der Waals surface area (Å²) in [5, 5.41) is 23.1. The number of carbonyl (C=O) groups excluding carboxylic acids is 2. The third kappa shape index (κ3) is 53.7. The zero-order valence-corrected chi connectivity index (χ0v) is 45.9. The molecule has 0 saturated carbocycles. The lowest BCUT2D eigenvalue weighted by Crippen LogP contribution is -2.45. The first-order chi connectivity index (χ1) is 33.5. The molecular weight excluding hydrogens is 839 g/mol. The van der Waals surface area contributed by atoms with Gasteiger partial charge in [0.2, 0.25) is 5.91 Å². The molecule has 0 heterocycles. The summed E-state index contributed by atoms with van der Waals surface area (Å²) in [5.41, 5.74) is 0. The van der Waals surface area contributed by atoms with Crippen LogP contribution in [0.5, 0.6) is 0 Å². The predicted molar refractivity (Wildman–Crippen MR) is 296 cm³/mol. The van der Waals surface area contributed by atoms with E-state index in [0.717, 1.165) is 44.9 Å². The van der Waals surface area contributed by atoms with Crippen LogP contribution in [0.3, 0.4) is 0 Å². The second-order valence-electron chi connectivity index (χ2n) is 21.0. The summed E-state index contributed by atoms with van der Waals surface area (Å²) in [7, 11) is 0. The van der Waals surface area contributed by atoms with E-state index in [2.05, 4.69) is 31.3 Å². The molecule has 6 nitrogen and oxygen atoms in total. The molecule has 0 rings (SSSR count). The summed E-state index contributed by atoms with van der Waals surface area (Å²) < 4.78 is 5.49. The number of esters is 1. The Morgan fingerprint density at radius 3 is 1.04 bits per heavy atom. The highest BCUT2D eigenvalue weighted by atomic mass is 16.5. The Hall–Kier alpha value is -1.66. The van der Waals surface area contributed by atoms with Crippen molar-refractivity contribution in [1.82, 2.24) is 5.32 Å². The van der Waals surface area contributed by atoms with Crippen molar-refractivity contribution in [2.24, 2.45) is 0 Å². The van der Waals surface area contributed by atoms with Crippen LogP contribution in [0.4, 0.5) is 0 Å². The molecule has 0 saturated heterocycles. The zero-order valence-electron chi connectivity index (χ0n) is 45.9. The van der Waals surface area contributed by atoms with E-state index in [0.29, 0.717) is 19.4 Å². The second-order valence-corrected chi connectivity index (χ2v) is 21.0. The van der Waals surface area contributed by atoms with Gasteiger partial charge in [-0.25, -0.2) is 0 Å². The highest BCUT2D eigenvalue weighted by molar-refractivity contribution is 5.76. The maximum absolute atomic E-state index is 12.4. The highest BCUT2D eigenvalue weighted by Gasteiger charge is 2.18. The van der Waals surface area contributed by atoms with E-state index in [4.69, 9.17) is 4.74 Å². The highest BCUT2D eigenvalue weighted by Crippen LogP contribution is 2.17. The van der Waals surface area contributed by atoms with Crippen molar-refractivity contribution >= 4 is 11.9 Å². The maximum Gasteiger partial charge on any atom is 0.305 e. The van der Waals surface area contributed by atoms with E-state index in [1.165, 1.54) is 263 Å². The van der Waals surface area contributed by atoms with Gasteiger partial charge >= 0.3 is 5.97 Å². The summed E-state index contributed by atoms with van der Waals surface area (Å²) in [6.07, 6.45) is 70.7. The molecule has 0 bridgehead atoms. The molecule has 6 heteroatoms. The summed E-state index contributed by atoms with van der Waals surface area (Å²) in [5.74, 6) is -0.0620. The number of allylic oxidation sites excluding steroid dienone is 3. The van der Waals surface area contributed by atoms with E-state index in [1.807, 2.05) is 6.08 Å². The first kappa shape index (κ1) is 66.3. The lowest BCUT2D eigenvalue weighted by atomic mass is 10.0. The van der Waals surface area contributed by atoms with Gasteiger partial charge in [0, 0.05) is 12.8 Å². The van der Waals surface area contributed by atoms with Crippen LogP contribution in [-0.2, 0) is 14.3 Å². The second kappa shape index (κ2) is 57.9. The molecule has 2 unspecified atom stereocenters. The van der Waals surface area contributed by atoms with Gasteiger partial charge in [0.25, 0.3) is 0 Å². The van der Waals surface area contributed by atoms with Crippen molar-refractivity contribution in [1.29, 1.82) is 0 Å². The lowest BCUT2D eigenvalue weighted by Gasteiger charge is -2.20. The largest absolute Gasteiger partial charge is 0.466 e. The molecular formula is C62H119NO5. The quantitative estimate of drug-likeness (QED) is 0.0321. The molecule has 1 amide bonds. The van der Waals surface area contributed by atoms with Crippen molar-refractivity contribution in [3.63, 3.8) is 0 Å². The van der Waals surface area contributed by atoms with E-state index >= 15 is 0 Å². The molecule has 0 aliphatic rings. The van der Waals surface area contributed by atoms with Crippen molar-refractivity contribution in [2.75, 3.05) is 13.2 Å². The lowest BCUT2D eigenvalue weighted by molar-refractivity contribution is -0.143. The molecule has 0 spiro atoms. The van der Waals surface area contributed by atoms with E-state index in [1.54, 1.807) is 6.08 Å². The minimum absolute atomic E-state index is 0.00553. The molecule has 0 fully saturated rings. The number of hydrogen-bond acceptors (Lipinski definition) is 5. The fourth-order valence-corrected chi connectivity index (χ4v) is 9.51. The summed E-state index contributed by atoms with van der Waals surface area (Å²) in [6.45, 7) is 4.91. The molecule has 0 aromatic rings. The van der Waals surface area contributed by atoms with Crippen LogP contribution in [0.1, 0.15) is 335 Å². The summed E-state index contributed by atoms with van der Waals surface area (Å²) >= 11 is 0. The number of hydrogen-bond donors (Lipinski definition) is 3. The number of amides is 1. The number of nitrogens with one attached hydrogen (secondary N) is 1. The third-order valence-corrected chi connectivity index (χ3v) is 14.2. The average molecular weight is 959 g/mol. The summed E-state index contributed by atoms with van der Waals surface area (Å²) in [4.78, 5) is 24.5. The van der Waals surface area contributed by atoms with Gasteiger partial charge < -0.3 is 20.3 Å². The fraction of sp³-hybridized carbons (Fsp3) is 0.903. The average Bonchev–Trinajstić information content (AvgIpc) is 3.34.